The third-order valence-corrected chi connectivity index (χ3v) is 4.36. The van der Waals surface area contributed by atoms with E-state index in [2.05, 4.69) is 32.9 Å². The van der Waals surface area contributed by atoms with Crippen molar-refractivity contribution in [1.82, 2.24) is 0 Å². The van der Waals surface area contributed by atoms with E-state index >= 15 is 0 Å². The average Bonchev–Trinajstić information content (AvgIpc) is 2.85. The van der Waals surface area contributed by atoms with Crippen molar-refractivity contribution >= 4 is 5.78 Å². The predicted molar refractivity (Wildman–Crippen MR) is 77.7 cm³/mol. The van der Waals surface area contributed by atoms with Gasteiger partial charge in [-0.15, -0.1) is 0 Å². The van der Waals surface area contributed by atoms with Gasteiger partial charge in [-0.25, -0.2) is 0 Å². The average molecular weight is 260 g/mol. The largest absolute Gasteiger partial charge is 0.367 e. The number of Topliss-reactive ketones (excluding diaryl/α,β-unsaturated/α-hetero) is 1. The van der Waals surface area contributed by atoms with Gasteiger partial charge in [0.1, 0.15) is 6.10 Å². The summed E-state index contributed by atoms with van der Waals surface area (Å²) in [7, 11) is 0. The van der Waals surface area contributed by atoms with E-state index in [0.717, 1.165) is 24.8 Å². The van der Waals surface area contributed by atoms with Crippen molar-refractivity contribution in [2.24, 2.45) is 0 Å². The molecule has 0 spiro atoms. The summed E-state index contributed by atoms with van der Waals surface area (Å²) in [5, 5.41) is 0. The highest BCUT2D eigenvalue weighted by molar-refractivity contribution is 5.99. The molecule has 2 unspecified atom stereocenters. The summed E-state index contributed by atoms with van der Waals surface area (Å²) in [6.45, 7) is 8.67. The fourth-order valence-corrected chi connectivity index (χ4v) is 2.47. The van der Waals surface area contributed by atoms with E-state index in [4.69, 9.17) is 4.74 Å². The van der Waals surface area contributed by atoms with Crippen molar-refractivity contribution in [2.45, 2.75) is 64.6 Å². The summed E-state index contributed by atoms with van der Waals surface area (Å²) >= 11 is 0. The molecule has 0 aromatic heterocycles. The lowest BCUT2D eigenvalue weighted by Crippen LogP contribution is -2.21. The molecule has 0 saturated carbocycles. The van der Waals surface area contributed by atoms with Gasteiger partial charge in [0.15, 0.2) is 5.78 Å². The summed E-state index contributed by atoms with van der Waals surface area (Å²) in [6.07, 6.45) is 2.90. The molecule has 2 rings (SSSR count). The molecule has 1 aromatic carbocycles. The predicted octanol–water partition coefficient (Wildman–Crippen LogP) is 4.12. The Kier molecular flexibility index (Phi) is 4.10. The fraction of sp³-hybridized carbons (Fsp3) is 0.588. The summed E-state index contributed by atoms with van der Waals surface area (Å²) in [5.41, 5.74) is 2.22. The highest BCUT2D eigenvalue weighted by Gasteiger charge is 2.29. The number of hydrogen-bond acceptors (Lipinski definition) is 2. The highest BCUT2D eigenvalue weighted by Crippen LogP contribution is 2.28. The quantitative estimate of drug-likeness (QED) is 0.761. The third-order valence-electron chi connectivity index (χ3n) is 4.36. The molecule has 2 atom stereocenters. The van der Waals surface area contributed by atoms with Gasteiger partial charge in [0.2, 0.25) is 0 Å². The zero-order valence-electron chi connectivity index (χ0n) is 12.4. The topological polar surface area (TPSA) is 26.3 Å². The lowest BCUT2D eigenvalue weighted by Gasteiger charge is -2.23. The van der Waals surface area contributed by atoms with Crippen molar-refractivity contribution < 1.29 is 9.53 Å². The Labute approximate surface area is 116 Å². The van der Waals surface area contributed by atoms with Crippen LogP contribution in [0.3, 0.4) is 0 Å². The first-order valence-electron chi connectivity index (χ1n) is 7.24. The van der Waals surface area contributed by atoms with Crippen LogP contribution in [0.5, 0.6) is 0 Å². The van der Waals surface area contributed by atoms with Crippen LogP contribution in [0.2, 0.25) is 0 Å². The monoisotopic (exact) mass is 260 g/mol. The van der Waals surface area contributed by atoms with E-state index in [1.807, 2.05) is 19.1 Å². The van der Waals surface area contributed by atoms with E-state index in [1.165, 1.54) is 5.56 Å². The van der Waals surface area contributed by atoms with Gasteiger partial charge < -0.3 is 4.74 Å². The SMILES string of the molecule is CCC(C)(C)c1ccc(C(=O)C2CCC(C)O2)cc1. The van der Waals surface area contributed by atoms with E-state index < -0.39 is 0 Å². The Hall–Kier alpha value is -1.15. The van der Waals surface area contributed by atoms with Crippen molar-refractivity contribution in [3.8, 4) is 0 Å². The van der Waals surface area contributed by atoms with Crippen molar-refractivity contribution in [2.75, 3.05) is 0 Å². The first kappa shape index (κ1) is 14.3. The number of rotatable bonds is 4. The van der Waals surface area contributed by atoms with Gasteiger partial charge >= 0.3 is 0 Å². The maximum atomic E-state index is 12.3. The van der Waals surface area contributed by atoms with E-state index in [1.54, 1.807) is 0 Å². The lowest BCUT2D eigenvalue weighted by atomic mass is 9.82. The van der Waals surface area contributed by atoms with Crippen LogP contribution >= 0.6 is 0 Å². The molecule has 1 fully saturated rings. The second-order valence-electron chi connectivity index (χ2n) is 6.19. The third kappa shape index (κ3) is 3.06. The summed E-state index contributed by atoms with van der Waals surface area (Å²) in [5.74, 6) is 0.130. The second-order valence-corrected chi connectivity index (χ2v) is 6.19. The van der Waals surface area contributed by atoms with Crippen LogP contribution in [0, 0.1) is 0 Å². The van der Waals surface area contributed by atoms with Crippen molar-refractivity contribution in [3.63, 3.8) is 0 Å². The molecule has 0 bridgehead atoms. The zero-order valence-corrected chi connectivity index (χ0v) is 12.4. The number of carbonyl (C=O) groups excluding carboxylic acids is 1. The van der Waals surface area contributed by atoms with Crippen molar-refractivity contribution in [3.05, 3.63) is 35.4 Å². The molecule has 19 heavy (non-hydrogen) atoms. The smallest absolute Gasteiger partial charge is 0.191 e. The Morgan fingerprint density at radius 3 is 2.37 bits per heavy atom. The first-order chi connectivity index (χ1) is 8.94. The van der Waals surface area contributed by atoms with Crippen LogP contribution < -0.4 is 0 Å². The molecular formula is C17H24O2. The molecule has 0 radical (unpaired) electrons. The summed E-state index contributed by atoms with van der Waals surface area (Å²) in [6, 6.07) is 8.05. The molecule has 104 valence electrons. The molecule has 2 heteroatoms. The Balaban J connectivity index is 2.12. The number of ether oxygens (including phenoxy) is 1. The lowest BCUT2D eigenvalue weighted by molar-refractivity contribution is 0.0433. The van der Waals surface area contributed by atoms with E-state index in [-0.39, 0.29) is 23.4 Å². The Morgan fingerprint density at radius 2 is 1.89 bits per heavy atom. The van der Waals surface area contributed by atoms with Crippen LogP contribution in [0.25, 0.3) is 0 Å². The molecule has 1 aliphatic heterocycles. The minimum atomic E-state index is -0.236. The number of ketones is 1. The standard InChI is InChI=1S/C17H24O2/c1-5-17(3,4)14-9-7-13(8-10-14)16(18)15-11-6-12(2)19-15/h7-10,12,15H,5-6,11H2,1-4H3. The van der Waals surface area contributed by atoms with Crippen LogP contribution in [0.4, 0.5) is 0 Å². The molecule has 1 heterocycles. The van der Waals surface area contributed by atoms with E-state index in [0.29, 0.717) is 0 Å². The van der Waals surface area contributed by atoms with Crippen molar-refractivity contribution in [1.29, 1.82) is 0 Å². The minimum Gasteiger partial charge on any atom is -0.367 e. The maximum absolute atomic E-state index is 12.3. The van der Waals surface area contributed by atoms with Gasteiger partial charge in [-0.1, -0.05) is 45.0 Å². The summed E-state index contributed by atoms with van der Waals surface area (Å²) < 4.78 is 5.65. The fourth-order valence-electron chi connectivity index (χ4n) is 2.47. The number of carbonyl (C=O) groups is 1. The normalized spacial score (nSPS) is 23.6. The Morgan fingerprint density at radius 1 is 1.26 bits per heavy atom. The molecule has 1 saturated heterocycles. The van der Waals surface area contributed by atoms with E-state index in [9.17, 15) is 4.79 Å². The molecule has 1 aromatic rings. The van der Waals surface area contributed by atoms with Crippen LogP contribution in [0.15, 0.2) is 24.3 Å². The van der Waals surface area contributed by atoms with Gasteiger partial charge in [-0.2, -0.15) is 0 Å². The maximum Gasteiger partial charge on any atom is 0.191 e. The van der Waals surface area contributed by atoms with Gasteiger partial charge in [-0.3, -0.25) is 4.79 Å². The molecule has 1 aliphatic rings. The first-order valence-corrected chi connectivity index (χ1v) is 7.24. The van der Waals surface area contributed by atoms with Gasteiger partial charge in [0.25, 0.3) is 0 Å². The summed E-state index contributed by atoms with van der Waals surface area (Å²) in [4.78, 5) is 12.3. The van der Waals surface area contributed by atoms with Gasteiger partial charge in [0, 0.05) is 5.56 Å². The number of hydrogen-bond donors (Lipinski definition) is 0. The molecular weight excluding hydrogens is 236 g/mol. The van der Waals surface area contributed by atoms with Crippen LogP contribution in [0.1, 0.15) is 62.9 Å². The second kappa shape index (κ2) is 5.46. The minimum absolute atomic E-state index is 0.130. The van der Waals surface area contributed by atoms with Gasteiger partial charge in [-0.05, 0) is 37.2 Å². The highest BCUT2D eigenvalue weighted by atomic mass is 16.5. The molecule has 0 aliphatic carbocycles. The van der Waals surface area contributed by atoms with Crippen LogP contribution in [-0.4, -0.2) is 18.0 Å². The molecule has 0 N–H and O–H groups in total. The number of benzene rings is 1. The van der Waals surface area contributed by atoms with Gasteiger partial charge in [0.05, 0.1) is 6.10 Å². The molecule has 0 amide bonds. The zero-order chi connectivity index (χ0) is 14.0. The van der Waals surface area contributed by atoms with Crippen LogP contribution in [-0.2, 0) is 10.2 Å². The Bertz CT molecular complexity index is 445. The molecule has 2 nitrogen and oxygen atoms in total.